The van der Waals surface area contributed by atoms with Crippen LogP contribution >= 0.6 is 11.8 Å². The van der Waals surface area contributed by atoms with E-state index in [-0.39, 0.29) is 5.56 Å². The van der Waals surface area contributed by atoms with Gasteiger partial charge in [-0.05, 0) is 38.5 Å². The number of nitrogens with zero attached hydrogens (tertiary/aromatic N) is 3. The number of carbonyl (C=O) groups is 1. The van der Waals surface area contributed by atoms with Crippen molar-refractivity contribution in [2.75, 3.05) is 6.26 Å². The Kier molecular flexibility index (Phi) is 3.89. The zero-order chi connectivity index (χ0) is 16.8. The van der Waals surface area contributed by atoms with Crippen LogP contribution in [0.1, 0.15) is 42.6 Å². The Balaban J connectivity index is 2.38. The highest BCUT2D eigenvalue weighted by molar-refractivity contribution is 7.98. The van der Waals surface area contributed by atoms with E-state index in [0.29, 0.717) is 29.0 Å². The second kappa shape index (κ2) is 5.61. The van der Waals surface area contributed by atoms with E-state index < -0.39 is 23.2 Å². The summed E-state index contributed by atoms with van der Waals surface area (Å²) in [5.41, 5.74) is -1.67. The van der Waals surface area contributed by atoms with Gasteiger partial charge in [-0.25, -0.2) is 14.8 Å². The molecule has 7 nitrogen and oxygen atoms in total. The van der Waals surface area contributed by atoms with Gasteiger partial charge >= 0.3 is 5.97 Å². The maximum Gasteiger partial charge on any atom is 0.341 e. The molecule has 0 saturated heterocycles. The van der Waals surface area contributed by atoms with Crippen LogP contribution in [0.15, 0.2) is 22.2 Å². The first-order valence-corrected chi connectivity index (χ1v) is 8.49. The maximum atomic E-state index is 12.7. The number of aromatic carboxylic acids is 1. The summed E-state index contributed by atoms with van der Waals surface area (Å²) in [6, 6.07) is 0.797. The molecule has 2 aromatic heterocycles. The van der Waals surface area contributed by atoms with Crippen molar-refractivity contribution in [3.8, 4) is 0 Å². The van der Waals surface area contributed by atoms with E-state index in [4.69, 9.17) is 0 Å². The molecule has 0 aliphatic heterocycles. The normalized spacial score (nSPS) is 24.2. The van der Waals surface area contributed by atoms with Gasteiger partial charge in [-0.2, -0.15) is 0 Å². The van der Waals surface area contributed by atoms with Gasteiger partial charge in [0.2, 0.25) is 0 Å². The van der Waals surface area contributed by atoms with Crippen LogP contribution in [0.25, 0.3) is 11.0 Å². The van der Waals surface area contributed by atoms with Crippen molar-refractivity contribution in [3.05, 3.63) is 28.2 Å². The highest BCUT2D eigenvalue weighted by Crippen LogP contribution is 2.39. The van der Waals surface area contributed by atoms with E-state index in [1.807, 2.05) is 6.26 Å². The van der Waals surface area contributed by atoms with Gasteiger partial charge in [0.1, 0.15) is 11.2 Å². The first kappa shape index (κ1) is 15.9. The smallest absolute Gasteiger partial charge is 0.341 e. The molecule has 2 atom stereocenters. The lowest BCUT2D eigenvalue weighted by Gasteiger charge is -2.28. The van der Waals surface area contributed by atoms with E-state index in [1.54, 1.807) is 6.92 Å². The second-order valence-corrected chi connectivity index (χ2v) is 6.71. The van der Waals surface area contributed by atoms with Crippen molar-refractivity contribution >= 4 is 28.8 Å². The molecular formula is C15H17N3O4S. The third kappa shape index (κ3) is 2.61. The third-order valence-corrected chi connectivity index (χ3v) is 4.92. The largest absolute Gasteiger partial charge is 0.477 e. The average molecular weight is 335 g/mol. The Morgan fingerprint density at radius 1 is 1.52 bits per heavy atom. The molecule has 0 radical (unpaired) electrons. The lowest BCUT2D eigenvalue weighted by Crippen LogP contribution is -2.39. The van der Waals surface area contributed by atoms with E-state index in [2.05, 4.69) is 9.97 Å². The van der Waals surface area contributed by atoms with Crippen LogP contribution in [-0.4, -0.2) is 42.6 Å². The molecule has 23 heavy (non-hydrogen) atoms. The van der Waals surface area contributed by atoms with Crippen molar-refractivity contribution in [1.29, 1.82) is 0 Å². The summed E-state index contributed by atoms with van der Waals surface area (Å²) in [5.74, 6) is -1.29. The number of aliphatic hydroxyl groups is 1. The number of pyridine rings is 1. The Morgan fingerprint density at radius 2 is 2.26 bits per heavy atom. The van der Waals surface area contributed by atoms with E-state index in [0.717, 1.165) is 6.42 Å². The molecule has 0 bridgehead atoms. The maximum absolute atomic E-state index is 12.7. The molecule has 1 fully saturated rings. The lowest BCUT2D eigenvalue weighted by molar-refractivity contribution is 0.0263. The molecule has 8 heteroatoms. The van der Waals surface area contributed by atoms with E-state index in [9.17, 15) is 19.8 Å². The van der Waals surface area contributed by atoms with E-state index in [1.165, 1.54) is 28.6 Å². The SMILES string of the molecule is CSc1ncc2cc(C(=O)O)c(=O)n([C@@H]3CCC[C@@]3(C)O)c2n1. The van der Waals surface area contributed by atoms with Crippen LogP contribution in [-0.2, 0) is 0 Å². The van der Waals surface area contributed by atoms with Crippen LogP contribution < -0.4 is 5.56 Å². The van der Waals surface area contributed by atoms with Gasteiger partial charge in [0.25, 0.3) is 5.56 Å². The Morgan fingerprint density at radius 3 is 2.83 bits per heavy atom. The van der Waals surface area contributed by atoms with Crippen LogP contribution in [0.5, 0.6) is 0 Å². The minimum absolute atomic E-state index is 0.333. The molecule has 1 aliphatic carbocycles. The van der Waals surface area contributed by atoms with Gasteiger partial charge in [0.05, 0.1) is 11.6 Å². The number of thioether (sulfide) groups is 1. The summed E-state index contributed by atoms with van der Waals surface area (Å²) in [5, 5.41) is 20.9. The highest BCUT2D eigenvalue weighted by Gasteiger charge is 2.40. The van der Waals surface area contributed by atoms with Crippen molar-refractivity contribution in [3.63, 3.8) is 0 Å². The number of rotatable bonds is 3. The summed E-state index contributed by atoms with van der Waals surface area (Å²) in [6.07, 6.45) is 5.26. The van der Waals surface area contributed by atoms with Gasteiger partial charge in [-0.1, -0.05) is 11.8 Å². The Bertz CT molecular complexity index is 846. The van der Waals surface area contributed by atoms with Crippen LogP contribution in [0.3, 0.4) is 0 Å². The predicted octanol–water partition coefficient (Wildman–Crippen LogP) is 1.69. The fourth-order valence-electron chi connectivity index (χ4n) is 3.18. The minimum atomic E-state index is -1.29. The molecular weight excluding hydrogens is 318 g/mol. The van der Waals surface area contributed by atoms with Gasteiger partial charge in [0, 0.05) is 11.6 Å². The van der Waals surface area contributed by atoms with Gasteiger partial charge in [0.15, 0.2) is 5.16 Å². The number of carboxylic acids is 1. The number of carboxylic acid groups (broad SMARTS) is 1. The van der Waals surface area contributed by atoms with Gasteiger partial charge in [-0.15, -0.1) is 0 Å². The van der Waals surface area contributed by atoms with E-state index >= 15 is 0 Å². The topological polar surface area (TPSA) is 105 Å². The molecule has 2 aromatic rings. The van der Waals surface area contributed by atoms with Crippen LogP contribution in [0, 0.1) is 0 Å². The fourth-order valence-corrected chi connectivity index (χ4v) is 3.52. The molecule has 3 rings (SSSR count). The van der Waals surface area contributed by atoms with Crippen molar-refractivity contribution < 1.29 is 15.0 Å². The molecule has 1 aliphatic rings. The molecule has 0 unspecified atom stereocenters. The number of fused-ring (bicyclic) bond motifs is 1. The summed E-state index contributed by atoms with van der Waals surface area (Å²) in [6.45, 7) is 1.67. The van der Waals surface area contributed by atoms with Crippen molar-refractivity contribution in [2.24, 2.45) is 0 Å². The standard InChI is InChI=1S/C15H17N3O4S/c1-15(22)5-3-4-10(15)18-11-8(7-16-14(17-11)23-2)6-9(12(18)19)13(20)21/h6-7,10,22H,3-5H2,1-2H3,(H,20,21)/t10-,15-/m1/s1. The predicted molar refractivity (Wildman–Crippen MR) is 86.1 cm³/mol. The van der Waals surface area contributed by atoms with Crippen LogP contribution in [0.4, 0.5) is 0 Å². The third-order valence-electron chi connectivity index (χ3n) is 4.35. The van der Waals surface area contributed by atoms with Gasteiger partial charge in [-0.3, -0.25) is 9.36 Å². The quantitative estimate of drug-likeness (QED) is 0.649. The molecule has 2 heterocycles. The second-order valence-electron chi connectivity index (χ2n) is 5.94. The van der Waals surface area contributed by atoms with Crippen molar-refractivity contribution in [2.45, 2.75) is 43.0 Å². The summed E-state index contributed by atoms with van der Waals surface area (Å²) < 4.78 is 1.34. The Labute approximate surface area is 136 Å². The number of aromatic nitrogens is 3. The first-order chi connectivity index (χ1) is 10.8. The minimum Gasteiger partial charge on any atom is -0.477 e. The monoisotopic (exact) mass is 335 g/mol. The number of hydrogen-bond acceptors (Lipinski definition) is 6. The molecule has 2 N–H and O–H groups in total. The summed E-state index contributed by atoms with van der Waals surface area (Å²) in [4.78, 5) is 32.6. The summed E-state index contributed by atoms with van der Waals surface area (Å²) >= 11 is 1.33. The first-order valence-electron chi connectivity index (χ1n) is 7.27. The summed E-state index contributed by atoms with van der Waals surface area (Å²) in [7, 11) is 0. The molecule has 0 amide bonds. The average Bonchev–Trinajstić information content (AvgIpc) is 2.85. The molecule has 122 valence electrons. The van der Waals surface area contributed by atoms with Gasteiger partial charge < -0.3 is 10.2 Å². The number of hydrogen-bond donors (Lipinski definition) is 2. The zero-order valence-electron chi connectivity index (χ0n) is 12.8. The highest BCUT2D eigenvalue weighted by atomic mass is 32.2. The lowest BCUT2D eigenvalue weighted by atomic mass is 9.99. The molecule has 0 aromatic carbocycles. The molecule has 0 spiro atoms. The van der Waals surface area contributed by atoms with Crippen molar-refractivity contribution in [1.82, 2.24) is 14.5 Å². The fraction of sp³-hybridized carbons (Fsp3) is 0.467. The van der Waals surface area contributed by atoms with Crippen LogP contribution in [0.2, 0.25) is 0 Å². The molecule has 1 saturated carbocycles. The Hall–Kier alpha value is -1.93. The zero-order valence-corrected chi connectivity index (χ0v) is 13.6.